The third-order valence-electron chi connectivity index (χ3n) is 4.65. The van der Waals surface area contributed by atoms with Crippen LogP contribution in [0.5, 0.6) is 5.75 Å². The number of benzene rings is 1. The van der Waals surface area contributed by atoms with E-state index in [1.54, 1.807) is 23.4 Å². The molecular formula is C21H20N4O4. The summed E-state index contributed by atoms with van der Waals surface area (Å²) in [6.07, 6.45) is 4.58. The van der Waals surface area contributed by atoms with Gasteiger partial charge in [0.1, 0.15) is 12.9 Å². The Bertz CT molecular complexity index is 1020. The van der Waals surface area contributed by atoms with Crippen molar-refractivity contribution in [3.8, 4) is 5.75 Å². The molecule has 1 saturated heterocycles. The SMILES string of the molecule is O=C(c1cc(=O)c(OCc2ccccc2)co1)N1CCN(c2ncccn2)CC1. The highest BCUT2D eigenvalue weighted by Crippen LogP contribution is 2.14. The summed E-state index contributed by atoms with van der Waals surface area (Å²) in [5.74, 6) is 0.416. The van der Waals surface area contributed by atoms with Gasteiger partial charge < -0.3 is 19.0 Å². The second kappa shape index (κ2) is 8.55. The first-order valence-electron chi connectivity index (χ1n) is 9.31. The normalized spacial score (nSPS) is 13.9. The molecule has 3 heterocycles. The minimum Gasteiger partial charge on any atom is -0.482 e. The first-order chi connectivity index (χ1) is 14.2. The minimum atomic E-state index is -0.383. The van der Waals surface area contributed by atoms with Crippen LogP contribution in [-0.2, 0) is 6.61 Å². The van der Waals surface area contributed by atoms with E-state index in [0.717, 1.165) is 5.56 Å². The van der Waals surface area contributed by atoms with E-state index in [0.29, 0.717) is 32.1 Å². The number of anilines is 1. The maximum Gasteiger partial charge on any atom is 0.289 e. The molecule has 1 aromatic carbocycles. The second-order valence-corrected chi connectivity index (χ2v) is 6.58. The summed E-state index contributed by atoms with van der Waals surface area (Å²) in [5, 5.41) is 0. The van der Waals surface area contributed by atoms with E-state index in [9.17, 15) is 9.59 Å². The Morgan fingerprint density at radius 3 is 2.45 bits per heavy atom. The van der Waals surface area contributed by atoms with Crippen molar-refractivity contribution in [1.82, 2.24) is 14.9 Å². The van der Waals surface area contributed by atoms with Gasteiger partial charge >= 0.3 is 0 Å². The summed E-state index contributed by atoms with van der Waals surface area (Å²) in [6.45, 7) is 2.46. The van der Waals surface area contributed by atoms with Gasteiger partial charge in [-0.2, -0.15) is 0 Å². The molecule has 8 heteroatoms. The van der Waals surface area contributed by atoms with Gasteiger partial charge in [0.05, 0.1) is 0 Å². The van der Waals surface area contributed by atoms with Crippen molar-refractivity contribution in [2.45, 2.75) is 6.61 Å². The summed E-state index contributed by atoms with van der Waals surface area (Å²) in [4.78, 5) is 37.1. The van der Waals surface area contributed by atoms with Gasteiger partial charge in [0.15, 0.2) is 5.76 Å². The van der Waals surface area contributed by atoms with Gasteiger partial charge in [-0.1, -0.05) is 30.3 Å². The van der Waals surface area contributed by atoms with Gasteiger partial charge in [0.2, 0.25) is 17.1 Å². The summed E-state index contributed by atoms with van der Waals surface area (Å²) in [6, 6.07) is 12.5. The monoisotopic (exact) mass is 392 g/mol. The topological polar surface area (TPSA) is 88.8 Å². The molecule has 1 fully saturated rings. The number of hydrogen-bond acceptors (Lipinski definition) is 7. The van der Waals surface area contributed by atoms with E-state index >= 15 is 0 Å². The predicted molar refractivity (Wildman–Crippen MR) is 106 cm³/mol. The van der Waals surface area contributed by atoms with E-state index < -0.39 is 0 Å². The van der Waals surface area contributed by atoms with Crippen molar-refractivity contribution in [3.63, 3.8) is 0 Å². The minimum absolute atomic E-state index is 0.00599. The fourth-order valence-electron chi connectivity index (χ4n) is 3.07. The zero-order valence-electron chi connectivity index (χ0n) is 15.7. The maximum absolute atomic E-state index is 12.7. The van der Waals surface area contributed by atoms with E-state index in [1.165, 1.54) is 12.3 Å². The van der Waals surface area contributed by atoms with Gasteiger partial charge in [-0.05, 0) is 11.6 Å². The number of ether oxygens (including phenoxy) is 1. The summed E-state index contributed by atoms with van der Waals surface area (Å²) >= 11 is 0. The van der Waals surface area contributed by atoms with Crippen LogP contribution in [-0.4, -0.2) is 47.0 Å². The molecule has 4 rings (SSSR count). The fraction of sp³-hybridized carbons (Fsp3) is 0.238. The lowest BCUT2D eigenvalue weighted by Crippen LogP contribution is -2.49. The Hall–Kier alpha value is -3.68. The second-order valence-electron chi connectivity index (χ2n) is 6.58. The molecule has 0 unspecified atom stereocenters. The van der Waals surface area contributed by atoms with Gasteiger partial charge in [0, 0.05) is 44.6 Å². The fourth-order valence-corrected chi connectivity index (χ4v) is 3.07. The van der Waals surface area contributed by atoms with Crippen molar-refractivity contribution in [1.29, 1.82) is 0 Å². The van der Waals surface area contributed by atoms with Crippen LogP contribution in [0.1, 0.15) is 16.1 Å². The third-order valence-corrected chi connectivity index (χ3v) is 4.65. The molecular weight excluding hydrogens is 372 g/mol. The first-order valence-corrected chi connectivity index (χ1v) is 9.31. The number of rotatable bonds is 5. The highest BCUT2D eigenvalue weighted by Gasteiger charge is 2.25. The van der Waals surface area contributed by atoms with E-state index in [1.807, 2.05) is 35.2 Å². The first kappa shape index (κ1) is 18.7. The van der Waals surface area contributed by atoms with Crippen LogP contribution in [0, 0.1) is 0 Å². The molecule has 1 aliphatic rings. The largest absolute Gasteiger partial charge is 0.482 e. The Morgan fingerprint density at radius 1 is 1.03 bits per heavy atom. The van der Waals surface area contributed by atoms with Crippen LogP contribution >= 0.6 is 0 Å². The van der Waals surface area contributed by atoms with Crippen LogP contribution in [0.3, 0.4) is 0 Å². The van der Waals surface area contributed by atoms with Crippen molar-refractivity contribution in [3.05, 3.63) is 82.7 Å². The molecule has 148 valence electrons. The zero-order chi connectivity index (χ0) is 20.1. The number of nitrogens with zero attached hydrogens (tertiary/aromatic N) is 4. The van der Waals surface area contributed by atoms with Gasteiger partial charge in [-0.15, -0.1) is 0 Å². The van der Waals surface area contributed by atoms with Crippen LogP contribution < -0.4 is 15.1 Å². The summed E-state index contributed by atoms with van der Waals surface area (Å²) in [5.41, 5.74) is 0.555. The highest BCUT2D eigenvalue weighted by molar-refractivity contribution is 5.91. The Labute approximate surface area is 167 Å². The number of hydrogen-bond donors (Lipinski definition) is 0. The molecule has 0 atom stereocenters. The molecule has 3 aromatic rings. The van der Waals surface area contributed by atoms with Gasteiger partial charge in [0.25, 0.3) is 5.91 Å². The Kier molecular flexibility index (Phi) is 5.51. The molecule has 0 bridgehead atoms. The van der Waals surface area contributed by atoms with Crippen LogP contribution in [0.15, 0.2) is 70.3 Å². The average Bonchev–Trinajstić information content (AvgIpc) is 2.79. The number of amides is 1. The Balaban J connectivity index is 1.37. The van der Waals surface area contributed by atoms with Gasteiger partial charge in [-0.3, -0.25) is 9.59 Å². The van der Waals surface area contributed by atoms with Crippen LogP contribution in [0.2, 0.25) is 0 Å². The molecule has 0 radical (unpaired) electrons. The number of aromatic nitrogens is 2. The zero-order valence-corrected chi connectivity index (χ0v) is 15.7. The molecule has 2 aromatic heterocycles. The van der Waals surface area contributed by atoms with E-state index in [2.05, 4.69) is 9.97 Å². The third kappa shape index (κ3) is 4.43. The van der Waals surface area contributed by atoms with Crippen LogP contribution in [0.4, 0.5) is 5.95 Å². The molecule has 0 saturated carbocycles. The standard InChI is InChI=1S/C21H20N4O4/c26-17-13-18(29-15-19(17)28-14-16-5-2-1-3-6-16)20(27)24-9-11-25(12-10-24)21-22-7-4-8-23-21/h1-8,13,15H,9-12,14H2. The molecule has 0 aliphatic carbocycles. The average molecular weight is 392 g/mol. The van der Waals surface area contributed by atoms with Crippen molar-refractivity contribution < 1.29 is 13.9 Å². The van der Waals surface area contributed by atoms with Crippen molar-refractivity contribution >= 4 is 11.9 Å². The lowest BCUT2D eigenvalue weighted by molar-refractivity contribution is 0.0710. The molecule has 0 spiro atoms. The molecule has 1 amide bonds. The van der Waals surface area contributed by atoms with Gasteiger partial charge in [-0.25, -0.2) is 9.97 Å². The molecule has 8 nitrogen and oxygen atoms in total. The number of carbonyl (C=O) groups excluding carboxylic acids is 1. The molecule has 1 aliphatic heterocycles. The molecule has 0 N–H and O–H groups in total. The number of piperazine rings is 1. The van der Waals surface area contributed by atoms with E-state index in [4.69, 9.17) is 9.15 Å². The quantitative estimate of drug-likeness (QED) is 0.656. The highest BCUT2D eigenvalue weighted by atomic mass is 16.5. The molecule has 29 heavy (non-hydrogen) atoms. The van der Waals surface area contributed by atoms with Crippen LogP contribution in [0.25, 0.3) is 0 Å². The lowest BCUT2D eigenvalue weighted by atomic mass is 10.2. The maximum atomic E-state index is 12.7. The smallest absolute Gasteiger partial charge is 0.289 e. The Morgan fingerprint density at radius 2 is 1.76 bits per heavy atom. The number of carbonyl (C=O) groups is 1. The van der Waals surface area contributed by atoms with Crippen molar-refractivity contribution in [2.75, 3.05) is 31.1 Å². The van der Waals surface area contributed by atoms with Crippen molar-refractivity contribution in [2.24, 2.45) is 0 Å². The lowest BCUT2D eigenvalue weighted by Gasteiger charge is -2.34. The summed E-state index contributed by atoms with van der Waals surface area (Å²) < 4.78 is 10.9. The van der Waals surface area contributed by atoms with E-state index in [-0.39, 0.29) is 29.5 Å². The predicted octanol–water partition coefficient (Wildman–Crippen LogP) is 1.97. The summed E-state index contributed by atoms with van der Waals surface area (Å²) in [7, 11) is 0.